The SMILES string of the molecule is CC(=O)Nc1cc(C(F)(F)F)c(B(O)O)cn1.CC(=O)Nc1cc(C(F)(F)F)c(Br)cn1.[B][B].[B][B][B]. The normalized spacial score (nSPS) is 10.1. The number of hydrogen-bond acceptors (Lipinski definition) is 6. The minimum Gasteiger partial charge on any atom is -0.423 e. The van der Waals surface area contributed by atoms with Crippen molar-refractivity contribution in [2.45, 2.75) is 26.2 Å². The second-order valence-corrected chi connectivity index (χ2v) is 6.98. The minimum atomic E-state index is -4.77. The van der Waals surface area contributed by atoms with Crippen molar-refractivity contribution in [2.75, 3.05) is 10.6 Å². The van der Waals surface area contributed by atoms with Gasteiger partial charge in [0.25, 0.3) is 0 Å². The first kappa shape index (κ1) is 36.8. The molecule has 4 N–H and O–H groups in total. The van der Waals surface area contributed by atoms with Crippen LogP contribution in [0.5, 0.6) is 0 Å². The average molecular weight is 585 g/mol. The van der Waals surface area contributed by atoms with Gasteiger partial charge in [0.05, 0.1) is 11.1 Å². The smallest absolute Gasteiger partial charge is 0.423 e. The third-order valence-corrected chi connectivity index (χ3v) is 3.92. The topological polar surface area (TPSA) is 124 Å². The van der Waals surface area contributed by atoms with Crippen molar-refractivity contribution in [3.8, 4) is 0 Å². The van der Waals surface area contributed by atoms with Crippen LogP contribution >= 0.6 is 15.9 Å². The summed E-state index contributed by atoms with van der Waals surface area (Å²) >= 11 is 2.74. The van der Waals surface area contributed by atoms with Gasteiger partial charge in [0.1, 0.15) is 11.6 Å². The lowest BCUT2D eigenvalue weighted by Crippen LogP contribution is -2.36. The van der Waals surface area contributed by atoms with Crippen LogP contribution in [0.25, 0.3) is 0 Å². The number of anilines is 2. The number of halogens is 7. The summed E-state index contributed by atoms with van der Waals surface area (Å²) in [6.45, 7) is 2.31. The molecule has 2 aromatic rings. The monoisotopic (exact) mass is 585 g/mol. The zero-order valence-electron chi connectivity index (χ0n) is 19.0. The number of alkyl halides is 6. The Balaban J connectivity index is 0. The van der Waals surface area contributed by atoms with E-state index in [0.29, 0.717) is 12.3 Å². The molecule has 2 heterocycles. The largest absolute Gasteiger partial charge is 0.490 e. The molecule has 0 atom stereocenters. The fourth-order valence-electron chi connectivity index (χ4n) is 2.07. The van der Waals surface area contributed by atoms with Crippen molar-refractivity contribution in [3.63, 3.8) is 0 Å². The Morgan fingerprint density at radius 1 is 0.892 bits per heavy atom. The lowest BCUT2D eigenvalue weighted by Gasteiger charge is -2.13. The molecule has 0 aromatic carbocycles. The molecule has 0 aliphatic carbocycles. The number of nitrogens with one attached hydrogen (secondary N) is 2. The molecule has 2 aromatic heterocycles. The highest BCUT2D eigenvalue weighted by Crippen LogP contribution is 2.35. The van der Waals surface area contributed by atoms with Crippen LogP contribution in [0, 0.1) is 0 Å². The molecular weight excluding hydrogens is 571 g/mol. The summed E-state index contributed by atoms with van der Waals surface area (Å²) < 4.78 is 74.7. The van der Waals surface area contributed by atoms with E-state index in [-0.39, 0.29) is 16.1 Å². The van der Waals surface area contributed by atoms with Gasteiger partial charge in [-0.25, -0.2) is 9.97 Å². The van der Waals surface area contributed by atoms with Gasteiger partial charge in [0, 0.05) is 74.2 Å². The van der Waals surface area contributed by atoms with Gasteiger partial charge >= 0.3 is 19.5 Å². The Morgan fingerprint density at radius 3 is 1.57 bits per heavy atom. The van der Waals surface area contributed by atoms with Crippen LogP contribution in [-0.2, 0) is 21.9 Å². The molecule has 8 nitrogen and oxygen atoms in total. The van der Waals surface area contributed by atoms with Gasteiger partial charge in [-0.15, -0.1) is 0 Å². The summed E-state index contributed by atoms with van der Waals surface area (Å²) in [6.07, 6.45) is -7.60. The number of aromatic nitrogens is 2. The molecule has 21 heteroatoms. The van der Waals surface area contributed by atoms with E-state index < -0.39 is 47.9 Å². The lowest BCUT2D eigenvalue weighted by molar-refractivity contribution is -0.138. The molecule has 0 aliphatic heterocycles. The van der Waals surface area contributed by atoms with Crippen molar-refractivity contribution < 1.29 is 46.0 Å². The van der Waals surface area contributed by atoms with Crippen molar-refractivity contribution in [1.82, 2.24) is 9.97 Å². The second-order valence-electron chi connectivity index (χ2n) is 6.13. The zero-order valence-corrected chi connectivity index (χ0v) is 20.6. The van der Waals surface area contributed by atoms with E-state index in [1.807, 2.05) is 0 Å². The molecule has 0 saturated carbocycles. The van der Waals surface area contributed by atoms with E-state index in [4.69, 9.17) is 10.0 Å². The van der Waals surface area contributed by atoms with Crippen LogP contribution in [0.15, 0.2) is 29.0 Å². The van der Waals surface area contributed by atoms with Crippen LogP contribution in [0.1, 0.15) is 25.0 Å². The van der Waals surface area contributed by atoms with Gasteiger partial charge in [-0.2, -0.15) is 26.3 Å². The maximum absolute atomic E-state index is 12.6. The molecule has 0 spiro atoms. The number of rotatable bonds is 3. The Kier molecular flexibility index (Phi) is 17.1. The molecule has 0 fully saturated rings. The summed E-state index contributed by atoms with van der Waals surface area (Å²) in [4.78, 5) is 28.4. The Labute approximate surface area is 222 Å². The number of nitrogens with zero attached hydrogens (tertiary/aromatic N) is 2. The Bertz CT molecular complexity index is 1020. The Hall–Kier alpha value is -2.39. The molecule has 0 unspecified atom stereocenters. The molecule has 0 aliphatic rings. The minimum absolute atomic E-state index is 0.127. The number of carbonyl (C=O) groups is 2. The highest BCUT2D eigenvalue weighted by Gasteiger charge is 2.37. The van der Waals surface area contributed by atoms with Gasteiger partial charge in [-0.1, -0.05) is 0 Å². The number of amides is 2. The fraction of sp³-hybridized carbons (Fsp3) is 0.250. The van der Waals surface area contributed by atoms with Crippen LogP contribution < -0.4 is 16.1 Å². The third-order valence-electron chi connectivity index (χ3n) is 3.29. The predicted molar refractivity (Wildman–Crippen MR) is 133 cm³/mol. The average Bonchev–Trinajstić information content (AvgIpc) is 2.75. The number of hydrogen-bond donors (Lipinski definition) is 4. The van der Waals surface area contributed by atoms with Gasteiger partial charge in [0.2, 0.25) is 11.8 Å². The van der Waals surface area contributed by atoms with Crippen molar-refractivity contribution >= 4 is 90.0 Å². The fourth-order valence-corrected chi connectivity index (χ4v) is 2.51. The Morgan fingerprint density at radius 2 is 1.24 bits per heavy atom. The highest BCUT2D eigenvalue weighted by molar-refractivity contribution is 9.10. The summed E-state index contributed by atoms with van der Waals surface area (Å²) in [5.74, 6) is -1.49. The van der Waals surface area contributed by atoms with E-state index >= 15 is 0 Å². The summed E-state index contributed by atoms with van der Waals surface area (Å²) in [7, 11) is 15.7. The molecule has 9 radical (unpaired) electrons. The van der Waals surface area contributed by atoms with E-state index in [9.17, 15) is 35.9 Å². The van der Waals surface area contributed by atoms with Crippen molar-refractivity contribution in [1.29, 1.82) is 0 Å². The maximum atomic E-state index is 12.6. The molecule has 0 saturated heterocycles. The first-order valence-corrected chi connectivity index (χ1v) is 10.0. The zero-order chi connectivity index (χ0) is 29.6. The standard InChI is InChI=1S/C8H8BF3N2O3.C8H6BrF3N2O.B3.B2/c1-4(15)14-7-2-5(8(10,11)12)6(3-13-7)9(16)17;1-4(15)14-7-2-5(8(10,11)12)6(9)3-13-7;1-3-2;1-2/h2-3,16-17H,1H3,(H,13,14,15);2-3H,1H3,(H,13,14,15);;. The quantitative estimate of drug-likeness (QED) is 0.310. The predicted octanol–water partition coefficient (Wildman–Crippen LogP) is 0.656. The van der Waals surface area contributed by atoms with Crippen molar-refractivity contribution in [3.05, 3.63) is 40.1 Å². The van der Waals surface area contributed by atoms with E-state index in [0.717, 1.165) is 26.2 Å². The molecular formula is C16H14B6BrF6N4O4. The van der Waals surface area contributed by atoms with Crippen LogP contribution in [0.4, 0.5) is 38.0 Å². The summed E-state index contributed by atoms with van der Waals surface area (Å²) in [5.41, 5.74) is -2.90. The van der Waals surface area contributed by atoms with Crippen molar-refractivity contribution in [2.24, 2.45) is 0 Å². The van der Waals surface area contributed by atoms with Crippen LogP contribution in [-0.4, -0.2) is 77.0 Å². The molecule has 37 heavy (non-hydrogen) atoms. The molecule has 2 rings (SSSR count). The van der Waals surface area contributed by atoms with E-state index in [1.165, 1.54) is 6.92 Å². The number of pyridine rings is 2. The van der Waals surface area contributed by atoms with Crippen LogP contribution in [0.3, 0.4) is 0 Å². The highest BCUT2D eigenvalue weighted by atomic mass is 79.9. The van der Waals surface area contributed by atoms with Gasteiger partial charge in [-0.05, 0) is 28.1 Å². The van der Waals surface area contributed by atoms with Crippen LogP contribution in [0.2, 0.25) is 0 Å². The van der Waals surface area contributed by atoms with E-state index in [2.05, 4.69) is 67.5 Å². The molecule has 189 valence electrons. The second kappa shape index (κ2) is 17.2. The first-order chi connectivity index (χ1) is 16.9. The summed E-state index contributed by atoms with van der Waals surface area (Å²) in [6, 6.07) is 1.31. The molecule has 2 amide bonds. The summed E-state index contributed by atoms with van der Waals surface area (Å²) in [5, 5.41) is 21.8. The van der Waals surface area contributed by atoms with Gasteiger partial charge in [0.15, 0.2) is 0 Å². The van der Waals surface area contributed by atoms with E-state index in [1.54, 1.807) is 0 Å². The molecule has 0 bridgehead atoms. The first-order valence-electron chi connectivity index (χ1n) is 9.23. The third kappa shape index (κ3) is 14.8. The van der Waals surface area contributed by atoms with Gasteiger partial charge < -0.3 is 20.7 Å². The lowest BCUT2D eigenvalue weighted by atomic mass is 9.40. The maximum Gasteiger partial charge on any atom is 0.490 e. The number of carbonyl (C=O) groups excluding carboxylic acids is 2. The van der Waals surface area contributed by atoms with Gasteiger partial charge in [-0.3, -0.25) is 9.59 Å².